The Bertz CT molecular complexity index is 531. The highest BCUT2D eigenvalue weighted by Crippen LogP contribution is 2.24. The first-order chi connectivity index (χ1) is 9.79. The molecule has 0 bridgehead atoms. The molecular formula is C16H17NO2S. The first kappa shape index (κ1) is 14.5. The fourth-order valence-corrected chi connectivity index (χ4v) is 2.79. The van der Waals surface area contributed by atoms with Crippen molar-refractivity contribution in [2.45, 2.75) is 10.9 Å². The van der Waals surface area contributed by atoms with Crippen LogP contribution in [0.2, 0.25) is 0 Å². The van der Waals surface area contributed by atoms with Gasteiger partial charge in [-0.2, -0.15) is 0 Å². The second-order valence-electron chi connectivity index (χ2n) is 4.22. The van der Waals surface area contributed by atoms with E-state index in [1.54, 1.807) is 11.8 Å². The molecular weight excluding hydrogens is 270 g/mol. The van der Waals surface area contributed by atoms with Crippen LogP contribution in [0, 0.1) is 0 Å². The number of thioether (sulfide) groups is 1. The third kappa shape index (κ3) is 4.31. The lowest BCUT2D eigenvalue weighted by Crippen LogP contribution is -2.29. The molecule has 20 heavy (non-hydrogen) atoms. The van der Waals surface area contributed by atoms with Crippen molar-refractivity contribution in [2.24, 2.45) is 0 Å². The van der Waals surface area contributed by atoms with Gasteiger partial charge in [-0.3, -0.25) is 0 Å². The predicted octanol–water partition coefficient (Wildman–Crippen LogP) is 3.88. The number of hydrogen-bond donors (Lipinski definition) is 1. The molecule has 0 heterocycles. The van der Waals surface area contributed by atoms with Crippen molar-refractivity contribution >= 4 is 17.9 Å². The van der Waals surface area contributed by atoms with Gasteiger partial charge in [-0.05, 0) is 17.7 Å². The zero-order chi connectivity index (χ0) is 14.2. The Labute approximate surface area is 123 Å². The number of carbonyl (C=O) groups excluding carboxylic acids is 1. The van der Waals surface area contributed by atoms with Crippen LogP contribution >= 0.6 is 11.8 Å². The first-order valence-corrected chi connectivity index (χ1v) is 7.35. The van der Waals surface area contributed by atoms with E-state index in [0.717, 1.165) is 11.3 Å². The molecule has 0 spiro atoms. The van der Waals surface area contributed by atoms with Crippen LogP contribution in [0.3, 0.4) is 0 Å². The number of carbonyl (C=O) groups is 1. The molecule has 1 amide bonds. The summed E-state index contributed by atoms with van der Waals surface area (Å²) in [4.78, 5) is 12.6. The van der Waals surface area contributed by atoms with E-state index in [1.807, 2.05) is 48.5 Å². The molecule has 2 aromatic carbocycles. The van der Waals surface area contributed by atoms with Gasteiger partial charge < -0.3 is 10.1 Å². The maximum absolute atomic E-state index is 11.5. The summed E-state index contributed by atoms with van der Waals surface area (Å²) >= 11 is 1.71. The zero-order valence-electron chi connectivity index (χ0n) is 11.3. The summed E-state index contributed by atoms with van der Waals surface area (Å²) in [6.07, 6.45) is -0.410. The summed E-state index contributed by atoms with van der Waals surface area (Å²) in [6.45, 7) is 0. The fraction of sp³-hybridized carbons (Fsp3) is 0.188. The lowest BCUT2D eigenvalue weighted by Gasteiger charge is -2.18. The van der Waals surface area contributed by atoms with Gasteiger partial charge in [0.15, 0.2) is 0 Å². The summed E-state index contributed by atoms with van der Waals surface area (Å²) in [6, 6.07) is 20.0. The lowest BCUT2D eigenvalue weighted by molar-refractivity contribution is 0.167. The SMILES string of the molecule is COC(=O)N[C@H](CSc1ccccc1)c1ccccc1. The Balaban J connectivity index is 2.05. The molecule has 4 heteroatoms. The Morgan fingerprint density at radius 2 is 1.70 bits per heavy atom. The van der Waals surface area contributed by atoms with Gasteiger partial charge in [0.2, 0.25) is 0 Å². The van der Waals surface area contributed by atoms with Crippen molar-refractivity contribution in [3.63, 3.8) is 0 Å². The third-order valence-corrected chi connectivity index (χ3v) is 3.94. The Morgan fingerprint density at radius 1 is 1.10 bits per heavy atom. The van der Waals surface area contributed by atoms with Gasteiger partial charge in [-0.1, -0.05) is 48.5 Å². The van der Waals surface area contributed by atoms with Crippen molar-refractivity contribution < 1.29 is 9.53 Å². The number of nitrogens with one attached hydrogen (secondary N) is 1. The molecule has 0 unspecified atom stereocenters. The van der Waals surface area contributed by atoms with E-state index in [2.05, 4.69) is 17.4 Å². The average Bonchev–Trinajstić information content (AvgIpc) is 2.53. The van der Waals surface area contributed by atoms with Crippen molar-refractivity contribution in [1.82, 2.24) is 5.32 Å². The number of rotatable bonds is 5. The molecule has 0 fully saturated rings. The van der Waals surface area contributed by atoms with E-state index >= 15 is 0 Å². The first-order valence-electron chi connectivity index (χ1n) is 6.37. The summed E-state index contributed by atoms with van der Waals surface area (Å²) in [5.74, 6) is 0.753. The fourth-order valence-electron chi connectivity index (χ4n) is 1.80. The molecule has 0 radical (unpaired) electrons. The van der Waals surface area contributed by atoms with Crippen LogP contribution in [0.4, 0.5) is 4.79 Å². The molecule has 1 atom stereocenters. The van der Waals surface area contributed by atoms with E-state index in [4.69, 9.17) is 4.74 Å². The van der Waals surface area contributed by atoms with Gasteiger partial charge in [-0.15, -0.1) is 11.8 Å². The number of ether oxygens (including phenoxy) is 1. The Hall–Kier alpha value is -1.94. The van der Waals surface area contributed by atoms with Crippen LogP contribution in [0.25, 0.3) is 0 Å². The van der Waals surface area contributed by atoms with E-state index in [-0.39, 0.29) is 6.04 Å². The smallest absolute Gasteiger partial charge is 0.407 e. The largest absolute Gasteiger partial charge is 0.453 e. The molecule has 2 aromatic rings. The standard InChI is InChI=1S/C16H17NO2S/c1-19-16(18)17-15(13-8-4-2-5-9-13)12-20-14-10-6-3-7-11-14/h2-11,15H,12H2,1H3,(H,17,18)/t15-/m1/s1. The van der Waals surface area contributed by atoms with Crippen LogP contribution in [0.1, 0.15) is 11.6 Å². The molecule has 0 saturated heterocycles. The zero-order valence-corrected chi connectivity index (χ0v) is 12.1. The van der Waals surface area contributed by atoms with Crippen molar-refractivity contribution in [3.05, 3.63) is 66.2 Å². The number of hydrogen-bond acceptors (Lipinski definition) is 3. The topological polar surface area (TPSA) is 38.3 Å². The van der Waals surface area contributed by atoms with Crippen molar-refractivity contribution in [3.8, 4) is 0 Å². The third-order valence-electron chi connectivity index (χ3n) is 2.84. The van der Waals surface area contributed by atoms with Crippen LogP contribution in [-0.2, 0) is 4.74 Å². The molecule has 0 aliphatic rings. The average molecular weight is 287 g/mol. The van der Waals surface area contributed by atoms with Gasteiger partial charge >= 0.3 is 6.09 Å². The van der Waals surface area contributed by atoms with Crippen molar-refractivity contribution in [1.29, 1.82) is 0 Å². The minimum absolute atomic E-state index is 0.0751. The number of alkyl carbamates (subject to hydrolysis) is 1. The Kier molecular flexibility index (Phi) is 5.50. The molecule has 0 aromatic heterocycles. The van der Waals surface area contributed by atoms with E-state index in [9.17, 15) is 4.79 Å². The molecule has 1 N–H and O–H groups in total. The van der Waals surface area contributed by atoms with Crippen LogP contribution < -0.4 is 5.32 Å². The minimum atomic E-state index is -0.410. The monoisotopic (exact) mass is 287 g/mol. The van der Waals surface area contributed by atoms with Gasteiger partial charge in [0.25, 0.3) is 0 Å². The van der Waals surface area contributed by atoms with E-state index < -0.39 is 6.09 Å². The summed E-state index contributed by atoms with van der Waals surface area (Å²) in [7, 11) is 1.38. The van der Waals surface area contributed by atoms with Gasteiger partial charge in [0, 0.05) is 10.6 Å². The molecule has 0 saturated carbocycles. The minimum Gasteiger partial charge on any atom is -0.453 e. The molecule has 0 aliphatic carbocycles. The second kappa shape index (κ2) is 7.60. The number of methoxy groups -OCH3 is 1. The van der Waals surface area contributed by atoms with Gasteiger partial charge in [-0.25, -0.2) is 4.79 Å². The van der Waals surface area contributed by atoms with Gasteiger partial charge in [0.05, 0.1) is 13.2 Å². The van der Waals surface area contributed by atoms with Crippen LogP contribution in [0.5, 0.6) is 0 Å². The van der Waals surface area contributed by atoms with E-state index in [0.29, 0.717) is 0 Å². The highest BCUT2D eigenvalue weighted by molar-refractivity contribution is 7.99. The van der Waals surface area contributed by atoms with E-state index in [1.165, 1.54) is 12.0 Å². The number of amides is 1. The predicted molar refractivity (Wildman–Crippen MR) is 81.9 cm³/mol. The molecule has 0 aliphatic heterocycles. The lowest BCUT2D eigenvalue weighted by atomic mass is 10.1. The molecule has 104 valence electrons. The quantitative estimate of drug-likeness (QED) is 0.848. The Morgan fingerprint density at radius 3 is 2.30 bits per heavy atom. The van der Waals surface area contributed by atoms with Crippen molar-refractivity contribution in [2.75, 3.05) is 12.9 Å². The summed E-state index contributed by atoms with van der Waals surface area (Å²) < 4.78 is 4.69. The molecule has 3 nitrogen and oxygen atoms in total. The van der Waals surface area contributed by atoms with Crippen LogP contribution in [0.15, 0.2) is 65.6 Å². The highest BCUT2D eigenvalue weighted by Gasteiger charge is 2.14. The second-order valence-corrected chi connectivity index (χ2v) is 5.32. The maximum atomic E-state index is 11.5. The number of benzene rings is 2. The van der Waals surface area contributed by atoms with Gasteiger partial charge in [0.1, 0.15) is 0 Å². The normalized spacial score (nSPS) is 11.7. The maximum Gasteiger partial charge on any atom is 0.407 e. The summed E-state index contributed by atoms with van der Waals surface area (Å²) in [5, 5.41) is 2.87. The van der Waals surface area contributed by atoms with Crippen LogP contribution in [-0.4, -0.2) is 19.0 Å². The summed E-state index contributed by atoms with van der Waals surface area (Å²) in [5.41, 5.74) is 1.07. The molecule has 2 rings (SSSR count). The highest BCUT2D eigenvalue weighted by atomic mass is 32.2.